The molecule has 12 N–H and O–H groups in total. The third kappa shape index (κ3) is 5.70. The van der Waals surface area contributed by atoms with E-state index in [9.17, 15) is 30.7 Å². The predicted molar refractivity (Wildman–Crippen MR) is 138 cm³/mol. The summed E-state index contributed by atoms with van der Waals surface area (Å²) in [5.41, 5.74) is 21.4. The molecule has 0 heterocycles. The van der Waals surface area contributed by atoms with Crippen LogP contribution < -0.4 is 33.6 Å². The van der Waals surface area contributed by atoms with Crippen molar-refractivity contribution in [2.24, 2.45) is 21.7 Å². The Morgan fingerprint density at radius 3 is 2.30 bits per heavy atom. The molecule has 0 saturated heterocycles. The number of amides is 2. The minimum Gasteiger partial charge on any atom is -0.399 e. The minimum absolute atomic E-state index is 0.00909. The van der Waals surface area contributed by atoms with Crippen molar-refractivity contribution < 1.29 is 30.7 Å². The molecular formula is C20H24N8O7S2. The maximum atomic E-state index is 12.5. The van der Waals surface area contributed by atoms with Crippen molar-refractivity contribution in [3.05, 3.63) is 65.1 Å². The topological polar surface area (TPSA) is 279 Å². The zero-order valence-electron chi connectivity index (χ0n) is 19.2. The number of nitrogens with zero attached hydrogens (tertiary/aromatic N) is 2. The summed E-state index contributed by atoms with van der Waals surface area (Å²) in [6.45, 7) is 1.60. The van der Waals surface area contributed by atoms with E-state index >= 15 is 0 Å². The second-order valence-electron chi connectivity index (χ2n) is 8.02. The van der Waals surface area contributed by atoms with Crippen molar-refractivity contribution in [2.75, 3.05) is 22.1 Å². The van der Waals surface area contributed by atoms with Crippen LogP contribution >= 0.6 is 0 Å². The summed E-state index contributed by atoms with van der Waals surface area (Å²) >= 11 is 0. The van der Waals surface area contributed by atoms with Gasteiger partial charge in [-0.1, -0.05) is 6.07 Å². The van der Waals surface area contributed by atoms with Gasteiger partial charge in [0.15, 0.2) is 4.87 Å². The number of benzene rings is 2. The highest BCUT2D eigenvalue weighted by molar-refractivity contribution is 7.90. The number of primary amides is 1. The second-order valence-corrected chi connectivity index (χ2v) is 11.1. The van der Waals surface area contributed by atoms with Crippen LogP contribution in [0.1, 0.15) is 5.56 Å². The number of nitrogens with one attached hydrogen (secondary N) is 2. The van der Waals surface area contributed by atoms with Gasteiger partial charge < -0.3 is 33.6 Å². The van der Waals surface area contributed by atoms with Crippen LogP contribution in [0.4, 0.5) is 33.2 Å². The highest BCUT2D eigenvalue weighted by Gasteiger charge is 2.49. The molecule has 0 bridgehead atoms. The molecule has 1 aliphatic rings. The quantitative estimate of drug-likeness (QED) is 0.105. The van der Waals surface area contributed by atoms with Gasteiger partial charge in [0.05, 0.1) is 5.69 Å². The Balaban J connectivity index is 2.30. The average molecular weight is 553 g/mol. The highest BCUT2D eigenvalue weighted by atomic mass is 32.2. The zero-order chi connectivity index (χ0) is 27.8. The molecule has 0 spiro atoms. The number of hydrogen-bond acceptors (Lipinski definition) is 11. The first-order valence-electron chi connectivity index (χ1n) is 10.2. The van der Waals surface area contributed by atoms with E-state index in [-0.39, 0.29) is 22.7 Å². The van der Waals surface area contributed by atoms with E-state index in [2.05, 4.69) is 20.9 Å². The summed E-state index contributed by atoms with van der Waals surface area (Å²) in [5.74, 6) is 0. The molecule has 2 aromatic rings. The minimum atomic E-state index is -5.25. The Morgan fingerprint density at radius 2 is 1.70 bits per heavy atom. The fourth-order valence-corrected chi connectivity index (χ4v) is 4.82. The molecule has 0 saturated carbocycles. The lowest BCUT2D eigenvalue weighted by Crippen LogP contribution is -2.51. The van der Waals surface area contributed by atoms with Crippen molar-refractivity contribution in [3.63, 3.8) is 0 Å². The van der Waals surface area contributed by atoms with Crippen molar-refractivity contribution in [2.45, 2.75) is 17.5 Å². The van der Waals surface area contributed by atoms with Crippen molar-refractivity contribution in [1.29, 1.82) is 0 Å². The van der Waals surface area contributed by atoms with Gasteiger partial charge in [-0.2, -0.15) is 21.9 Å². The lowest BCUT2D eigenvalue weighted by Gasteiger charge is -2.35. The van der Waals surface area contributed by atoms with Crippen molar-refractivity contribution >= 4 is 54.7 Å². The van der Waals surface area contributed by atoms with Crippen LogP contribution in [0.5, 0.6) is 0 Å². The molecule has 2 atom stereocenters. The third-order valence-corrected chi connectivity index (χ3v) is 7.47. The molecule has 1 aliphatic carbocycles. The van der Waals surface area contributed by atoms with E-state index in [0.717, 1.165) is 12.2 Å². The largest absolute Gasteiger partial charge is 0.399 e. The molecule has 2 aromatic carbocycles. The van der Waals surface area contributed by atoms with Gasteiger partial charge >= 0.3 is 6.03 Å². The summed E-state index contributed by atoms with van der Waals surface area (Å²) in [7, 11) is -10.4. The first-order chi connectivity index (χ1) is 17.0. The highest BCUT2D eigenvalue weighted by Crippen LogP contribution is 2.39. The lowest BCUT2D eigenvalue weighted by molar-refractivity contribution is 0.259. The summed E-state index contributed by atoms with van der Waals surface area (Å²) in [6.07, 6.45) is 2.06. The van der Waals surface area contributed by atoms with Gasteiger partial charge in [-0.05, 0) is 61.0 Å². The first kappa shape index (κ1) is 27.6. The van der Waals surface area contributed by atoms with E-state index in [1.54, 1.807) is 19.1 Å². The van der Waals surface area contributed by atoms with Gasteiger partial charge in [0.25, 0.3) is 20.2 Å². The van der Waals surface area contributed by atoms with E-state index in [0.29, 0.717) is 17.3 Å². The number of urea groups is 1. The SMILES string of the molecule is Cc1c(N)cccc1NC1(N=Nc2ccc(N)cc2NC(N)=O)C=CC(N)(S(=O)(=O)O)C=C1S(=O)(=O)O. The van der Waals surface area contributed by atoms with Gasteiger partial charge in [-0.15, -0.1) is 5.11 Å². The Morgan fingerprint density at radius 1 is 1.03 bits per heavy atom. The number of rotatable bonds is 7. The Bertz CT molecular complexity index is 1570. The van der Waals surface area contributed by atoms with Crippen LogP contribution in [0, 0.1) is 6.92 Å². The van der Waals surface area contributed by atoms with Gasteiger partial charge in [-0.3, -0.25) is 9.11 Å². The van der Waals surface area contributed by atoms with Gasteiger partial charge in [-0.25, -0.2) is 4.79 Å². The molecule has 2 amide bonds. The summed E-state index contributed by atoms with van der Waals surface area (Å²) in [4.78, 5) is 7.60. The average Bonchev–Trinajstić information content (AvgIpc) is 2.76. The number of azo groups is 1. The summed E-state index contributed by atoms with van der Waals surface area (Å²) < 4.78 is 68.5. The van der Waals surface area contributed by atoms with Crippen LogP contribution in [-0.2, 0) is 20.2 Å². The van der Waals surface area contributed by atoms with Crippen LogP contribution in [-0.4, -0.2) is 42.5 Å². The van der Waals surface area contributed by atoms with Crippen LogP contribution in [0.2, 0.25) is 0 Å². The van der Waals surface area contributed by atoms with Crippen LogP contribution in [0.15, 0.2) is 69.8 Å². The van der Waals surface area contributed by atoms with Crippen molar-refractivity contribution in [3.8, 4) is 0 Å². The third-order valence-electron chi connectivity index (χ3n) is 5.34. The molecule has 2 unspecified atom stereocenters. The van der Waals surface area contributed by atoms with Gasteiger partial charge in [0.2, 0.25) is 5.66 Å². The number of nitrogen functional groups attached to an aromatic ring is 2. The maximum Gasteiger partial charge on any atom is 0.316 e. The van der Waals surface area contributed by atoms with Crippen LogP contribution in [0.3, 0.4) is 0 Å². The van der Waals surface area contributed by atoms with E-state index in [1.165, 1.54) is 24.3 Å². The Kier molecular flexibility index (Phi) is 7.04. The molecule has 0 radical (unpaired) electrons. The number of nitrogens with two attached hydrogens (primary N) is 4. The fraction of sp³-hybridized carbons (Fsp3) is 0.150. The smallest absolute Gasteiger partial charge is 0.316 e. The van der Waals surface area contributed by atoms with E-state index in [1.807, 2.05) is 0 Å². The monoisotopic (exact) mass is 552 g/mol. The van der Waals surface area contributed by atoms with Gasteiger partial charge in [0.1, 0.15) is 10.6 Å². The molecule has 37 heavy (non-hydrogen) atoms. The Hall–Kier alpha value is -4.03. The first-order valence-corrected chi connectivity index (χ1v) is 13.0. The van der Waals surface area contributed by atoms with Gasteiger partial charge in [0, 0.05) is 17.1 Å². The Labute approximate surface area is 211 Å². The molecule has 0 fully saturated rings. The molecule has 0 aliphatic heterocycles. The number of carbonyl (C=O) groups excluding carboxylic acids is 1. The van der Waals surface area contributed by atoms with Crippen molar-refractivity contribution in [1.82, 2.24) is 0 Å². The second kappa shape index (κ2) is 9.45. The fourth-order valence-electron chi connectivity index (χ4n) is 3.34. The number of hydrogen-bond donors (Lipinski definition) is 8. The standard InChI is InChI=1S/C20H24N8O7S2/c1-11-13(22)3-2-4-14(11)26-20(28-27-15-6-5-12(21)9-16(15)25-18(23)29)8-7-19(24,37(33,34)35)10-17(20)36(30,31)32/h2-10,26H,21-22,24H2,1H3,(H3,23,25,29)(H,30,31,32)(H,33,34,35). The summed E-state index contributed by atoms with van der Waals surface area (Å²) in [6, 6.07) is 7.71. The van der Waals surface area contributed by atoms with E-state index < -0.39 is 41.7 Å². The molecule has 3 rings (SSSR count). The number of anilines is 4. The predicted octanol–water partition coefficient (Wildman–Crippen LogP) is 1.43. The molecule has 17 heteroatoms. The number of carbonyl (C=O) groups is 1. The molecule has 0 aromatic heterocycles. The molecular weight excluding hydrogens is 528 g/mol. The van der Waals surface area contributed by atoms with E-state index in [4.69, 9.17) is 22.9 Å². The lowest BCUT2D eigenvalue weighted by atomic mass is 9.99. The summed E-state index contributed by atoms with van der Waals surface area (Å²) in [5, 5.41) is 13.1. The molecule has 15 nitrogen and oxygen atoms in total. The molecule has 198 valence electrons. The normalized spacial score (nSPS) is 22.0. The van der Waals surface area contributed by atoms with Crippen LogP contribution in [0.25, 0.3) is 0 Å². The maximum absolute atomic E-state index is 12.5. The zero-order valence-corrected chi connectivity index (χ0v) is 20.8.